The molecule has 2 heterocycles. The summed E-state index contributed by atoms with van der Waals surface area (Å²) in [4.78, 5) is 32.6. The zero-order chi connectivity index (χ0) is 21.5. The summed E-state index contributed by atoms with van der Waals surface area (Å²) in [6.45, 7) is 10.4. The Labute approximate surface area is 179 Å². The Balaban J connectivity index is 1.53. The standard InChI is InChI=1S/C23H35N5O2/c1-4-24-23(26-20-11-13-28(16-20)22(30)17(2)3)25-14-18-7-9-19(10-8-18)15-27-12-5-6-21(27)29/h7-10,17,20H,4-6,11-16H2,1-3H3,(H2,24,25,26). The number of nitrogens with one attached hydrogen (secondary N) is 2. The molecule has 2 fully saturated rings. The fourth-order valence-electron chi connectivity index (χ4n) is 3.97. The number of carbonyl (C=O) groups is 2. The lowest BCUT2D eigenvalue weighted by atomic mass is 10.1. The average Bonchev–Trinajstić information content (AvgIpc) is 3.36. The van der Waals surface area contributed by atoms with Crippen molar-refractivity contribution in [3.8, 4) is 0 Å². The third-order valence-corrected chi connectivity index (χ3v) is 5.67. The second-order valence-corrected chi connectivity index (χ2v) is 8.50. The molecule has 2 N–H and O–H groups in total. The highest BCUT2D eigenvalue weighted by Crippen LogP contribution is 2.15. The molecule has 0 spiro atoms. The maximum absolute atomic E-state index is 12.2. The minimum atomic E-state index is 0.0391. The largest absolute Gasteiger partial charge is 0.357 e. The molecule has 2 saturated heterocycles. The van der Waals surface area contributed by atoms with E-state index in [1.165, 1.54) is 0 Å². The molecule has 3 rings (SSSR count). The van der Waals surface area contributed by atoms with Gasteiger partial charge in [0.05, 0.1) is 6.54 Å². The van der Waals surface area contributed by atoms with Crippen LogP contribution < -0.4 is 10.6 Å². The van der Waals surface area contributed by atoms with E-state index in [-0.39, 0.29) is 23.8 Å². The fraction of sp³-hybridized carbons (Fsp3) is 0.609. The summed E-state index contributed by atoms with van der Waals surface area (Å²) < 4.78 is 0. The van der Waals surface area contributed by atoms with Gasteiger partial charge in [-0.1, -0.05) is 38.1 Å². The number of aliphatic imine (C=N–C) groups is 1. The number of nitrogens with zero attached hydrogens (tertiary/aromatic N) is 3. The minimum absolute atomic E-state index is 0.0391. The number of amides is 2. The van der Waals surface area contributed by atoms with Crippen molar-refractivity contribution in [3.05, 3.63) is 35.4 Å². The van der Waals surface area contributed by atoms with E-state index < -0.39 is 0 Å². The smallest absolute Gasteiger partial charge is 0.225 e. The topological polar surface area (TPSA) is 77.0 Å². The molecule has 2 amide bonds. The SMILES string of the molecule is CCNC(=NCc1ccc(CN2CCCC2=O)cc1)NC1CCN(C(=O)C(C)C)C1. The van der Waals surface area contributed by atoms with E-state index in [2.05, 4.69) is 41.8 Å². The summed E-state index contributed by atoms with van der Waals surface area (Å²) in [7, 11) is 0. The van der Waals surface area contributed by atoms with E-state index in [1.54, 1.807) is 0 Å². The van der Waals surface area contributed by atoms with Crippen LogP contribution >= 0.6 is 0 Å². The number of likely N-dealkylation sites (tertiary alicyclic amines) is 2. The predicted octanol–water partition coefficient (Wildman–Crippen LogP) is 2.12. The molecule has 2 aliphatic heterocycles. The molecule has 1 aromatic carbocycles. The highest BCUT2D eigenvalue weighted by molar-refractivity contribution is 5.81. The lowest BCUT2D eigenvalue weighted by molar-refractivity contribution is -0.133. The first kappa shape index (κ1) is 22.1. The van der Waals surface area contributed by atoms with Crippen LogP contribution in [0.3, 0.4) is 0 Å². The number of benzene rings is 1. The normalized spacial score (nSPS) is 19.7. The van der Waals surface area contributed by atoms with Crippen molar-refractivity contribution in [1.29, 1.82) is 0 Å². The van der Waals surface area contributed by atoms with Crippen molar-refractivity contribution in [2.75, 3.05) is 26.2 Å². The Bertz CT molecular complexity index is 759. The molecule has 1 unspecified atom stereocenters. The molecule has 164 valence electrons. The lowest BCUT2D eigenvalue weighted by Gasteiger charge is -2.20. The first-order valence-corrected chi connectivity index (χ1v) is 11.2. The van der Waals surface area contributed by atoms with Crippen LogP contribution in [0.5, 0.6) is 0 Å². The molecule has 7 heteroatoms. The van der Waals surface area contributed by atoms with Gasteiger partial charge < -0.3 is 20.4 Å². The Morgan fingerprint density at radius 3 is 2.57 bits per heavy atom. The first-order chi connectivity index (χ1) is 14.5. The van der Waals surface area contributed by atoms with Gasteiger partial charge in [0.1, 0.15) is 0 Å². The molecule has 0 aromatic heterocycles. The van der Waals surface area contributed by atoms with E-state index >= 15 is 0 Å². The van der Waals surface area contributed by atoms with E-state index in [9.17, 15) is 9.59 Å². The number of hydrogen-bond donors (Lipinski definition) is 2. The predicted molar refractivity (Wildman–Crippen MR) is 119 cm³/mol. The fourth-order valence-corrected chi connectivity index (χ4v) is 3.97. The maximum Gasteiger partial charge on any atom is 0.225 e. The van der Waals surface area contributed by atoms with Crippen LogP contribution in [0.15, 0.2) is 29.3 Å². The van der Waals surface area contributed by atoms with E-state index in [0.29, 0.717) is 19.5 Å². The molecule has 30 heavy (non-hydrogen) atoms. The first-order valence-electron chi connectivity index (χ1n) is 11.2. The van der Waals surface area contributed by atoms with Gasteiger partial charge in [0.15, 0.2) is 5.96 Å². The summed E-state index contributed by atoms with van der Waals surface area (Å²) in [5, 5.41) is 6.78. The minimum Gasteiger partial charge on any atom is -0.357 e. The zero-order valence-corrected chi connectivity index (χ0v) is 18.5. The Morgan fingerprint density at radius 1 is 1.20 bits per heavy atom. The lowest BCUT2D eigenvalue weighted by Crippen LogP contribution is -2.45. The quantitative estimate of drug-likeness (QED) is 0.530. The van der Waals surface area contributed by atoms with Crippen molar-refractivity contribution in [2.45, 2.75) is 59.2 Å². The summed E-state index contributed by atoms with van der Waals surface area (Å²) in [6.07, 6.45) is 2.58. The van der Waals surface area contributed by atoms with Gasteiger partial charge in [0, 0.05) is 51.1 Å². The van der Waals surface area contributed by atoms with Crippen LogP contribution in [0.25, 0.3) is 0 Å². The Morgan fingerprint density at radius 2 is 1.93 bits per heavy atom. The number of rotatable bonds is 7. The van der Waals surface area contributed by atoms with Crippen molar-refractivity contribution in [1.82, 2.24) is 20.4 Å². The summed E-state index contributed by atoms with van der Waals surface area (Å²) >= 11 is 0. The molecular formula is C23H35N5O2. The molecule has 7 nitrogen and oxygen atoms in total. The van der Waals surface area contributed by atoms with Crippen molar-refractivity contribution in [2.24, 2.45) is 10.9 Å². The maximum atomic E-state index is 12.2. The monoisotopic (exact) mass is 413 g/mol. The molecule has 1 atom stereocenters. The third-order valence-electron chi connectivity index (χ3n) is 5.67. The molecule has 1 aromatic rings. The molecule has 2 aliphatic rings. The highest BCUT2D eigenvalue weighted by Gasteiger charge is 2.28. The van der Waals surface area contributed by atoms with Gasteiger partial charge >= 0.3 is 0 Å². The van der Waals surface area contributed by atoms with E-state index in [4.69, 9.17) is 4.99 Å². The van der Waals surface area contributed by atoms with Crippen LogP contribution in [0.2, 0.25) is 0 Å². The zero-order valence-electron chi connectivity index (χ0n) is 18.5. The van der Waals surface area contributed by atoms with Gasteiger partial charge in [-0.05, 0) is 30.9 Å². The second kappa shape index (κ2) is 10.5. The van der Waals surface area contributed by atoms with Crippen molar-refractivity contribution < 1.29 is 9.59 Å². The van der Waals surface area contributed by atoms with Gasteiger partial charge in [-0.3, -0.25) is 9.59 Å². The molecular weight excluding hydrogens is 378 g/mol. The van der Waals surface area contributed by atoms with Gasteiger partial charge in [-0.15, -0.1) is 0 Å². The summed E-state index contributed by atoms with van der Waals surface area (Å²) in [5.41, 5.74) is 2.29. The number of carbonyl (C=O) groups excluding carboxylic acids is 2. The number of hydrogen-bond acceptors (Lipinski definition) is 3. The van der Waals surface area contributed by atoms with Gasteiger partial charge in [0.2, 0.25) is 11.8 Å². The van der Waals surface area contributed by atoms with Gasteiger partial charge in [0.25, 0.3) is 0 Å². The van der Waals surface area contributed by atoms with E-state index in [0.717, 1.165) is 56.1 Å². The van der Waals surface area contributed by atoms with Crippen molar-refractivity contribution in [3.63, 3.8) is 0 Å². The Hall–Kier alpha value is -2.57. The van der Waals surface area contributed by atoms with Crippen LogP contribution in [-0.2, 0) is 22.7 Å². The molecule has 0 radical (unpaired) electrons. The molecule has 0 aliphatic carbocycles. The van der Waals surface area contributed by atoms with Gasteiger partial charge in [-0.2, -0.15) is 0 Å². The van der Waals surface area contributed by atoms with Crippen molar-refractivity contribution >= 4 is 17.8 Å². The van der Waals surface area contributed by atoms with Crippen LogP contribution in [0, 0.1) is 5.92 Å². The van der Waals surface area contributed by atoms with Gasteiger partial charge in [-0.25, -0.2) is 4.99 Å². The van der Waals surface area contributed by atoms with E-state index in [1.807, 2.05) is 23.6 Å². The molecule has 0 bridgehead atoms. The Kier molecular flexibility index (Phi) is 7.71. The highest BCUT2D eigenvalue weighted by atomic mass is 16.2. The average molecular weight is 414 g/mol. The molecule has 0 saturated carbocycles. The second-order valence-electron chi connectivity index (χ2n) is 8.50. The summed E-state index contributed by atoms with van der Waals surface area (Å²) in [6, 6.07) is 8.57. The third kappa shape index (κ3) is 5.97. The number of guanidine groups is 1. The van der Waals surface area contributed by atoms with Crippen LogP contribution in [-0.4, -0.2) is 59.8 Å². The summed E-state index contributed by atoms with van der Waals surface area (Å²) in [5.74, 6) is 1.30. The van der Waals surface area contributed by atoms with Crippen LogP contribution in [0.4, 0.5) is 0 Å². The van der Waals surface area contributed by atoms with Crippen LogP contribution in [0.1, 0.15) is 51.2 Å².